The van der Waals surface area contributed by atoms with Gasteiger partial charge in [0.2, 0.25) is 0 Å². The molecular formula is C12H19N3O2. The summed E-state index contributed by atoms with van der Waals surface area (Å²) in [6.07, 6.45) is 3.11. The first-order valence-electron chi connectivity index (χ1n) is 6.44. The van der Waals surface area contributed by atoms with Gasteiger partial charge in [0, 0.05) is 32.1 Å². The highest BCUT2D eigenvalue weighted by atomic mass is 16.5. The number of ether oxygens (including phenoxy) is 1. The third-order valence-corrected chi connectivity index (χ3v) is 3.97. The van der Waals surface area contributed by atoms with Crippen LogP contribution < -0.4 is 0 Å². The Balaban J connectivity index is 1.89. The number of hydrogen-bond acceptors (Lipinski definition) is 4. The molecule has 0 bridgehead atoms. The highest BCUT2D eigenvalue weighted by molar-refractivity contribution is 5.05. The van der Waals surface area contributed by atoms with Gasteiger partial charge >= 0.3 is 0 Å². The molecular weight excluding hydrogens is 218 g/mol. The van der Waals surface area contributed by atoms with Crippen LogP contribution in [-0.2, 0) is 17.7 Å². The van der Waals surface area contributed by atoms with Crippen LogP contribution in [0.15, 0.2) is 0 Å². The van der Waals surface area contributed by atoms with Crippen LogP contribution >= 0.6 is 0 Å². The fourth-order valence-electron chi connectivity index (χ4n) is 2.80. The molecule has 0 radical (unpaired) electrons. The van der Waals surface area contributed by atoms with E-state index < -0.39 is 0 Å². The number of aliphatic hydroxyl groups is 1. The average molecular weight is 237 g/mol. The van der Waals surface area contributed by atoms with E-state index in [9.17, 15) is 5.11 Å². The van der Waals surface area contributed by atoms with Gasteiger partial charge in [0.25, 0.3) is 0 Å². The summed E-state index contributed by atoms with van der Waals surface area (Å²) in [7, 11) is 0. The standard InChI is InChI=1S/C12H19N3O2/c1-8-4-5-17-11(8)12-14-13-10-3-2-9(7-16)6-15(10)12/h8-9,11,16H,2-7H2,1H3. The Morgan fingerprint density at radius 1 is 1.41 bits per heavy atom. The van der Waals surface area contributed by atoms with Crippen LogP contribution in [0.4, 0.5) is 0 Å². The first-order valence-corrected chi connectivity index (χ1v) is 6.44. The highest BCUT2D eigenvalue weighted by Crippen LogP contribution is 2.34. The number of hydrogen-bond donors (Lipinski definition) is 1. The SMILES string of the molecule is CC1CCOC1c1nnc2n1CC(CO)CC2. The summed E-state index contributed by atoms with van der Waals surface area (Å²) in [6, 6.07) is 0. The minimum atomic E-state index is 0.0914. The van der Waals surface area contributed by atoms with Gasteiger partial charge in [-0.05, 0) is 18.8 Å². The van der Waals surface area contributed by atoms with Crippen LogP contribution in [0.25, 0.3) is 0 Å². The lowest BCUT2D eigenvalue weighted by Crippen LogP contribution is -2.25. The van der Waals surface area contributed by atoms with Crippen molar-refractivity contribution in [1.29, 1.82) is 0 Å². The molecule has 0 aliphatic carbocycles. The average Bonchev–Trinajstić information content (AvgIpc) is 2.94. The lowest BCUT2D eigenvalue weighted by atomic mass is 9.99. The summed E-state index contributed by atoms with van der Waals surface area (Å²) < 4.78 is 7.92. The Kier molecular flexibility index (Phi) is 2.88. The zero-order chi connectivity index (χ0) is 11.8. The van der Waals surface area contributed by atoms with Gasteiger partial charge in [-0.3, -0.25) is 0 Å². The van der Waals surface area contributed by atoms with Crippen LogP contribution in [0.2, 0.25) is 0 Å². The van der Waals surface area contributed by atoms with Gasteiger partial charge in [0.1, 0.15) is 11.9 Å². The van der Waals surface area contributed by atoms with Crippen molar-refractivity contribution in [3.63, 3.8) is 0 Å². The van der Waals surface area contributed by atoms with E-state index in [0.29, 0.717) is 11.8 Å². The largest absolute Gasteiger partial charge is 0.396 e. The molecule has 1 aromatic rings. The summed E-state index contributed by atoms with van der Waals surface area (Å²) in [5, 5.41) is 17.8. The topological polar surface area (TPSA) is 60.2 Å². The molecule has 0 saturated carbocycles. The first kappa shape index (κ1) is 11.2. The fraction of sp³-hybridized carbons (Fsp3) is 0.833. The maximum atomic E-state index is 9.28. The molecule has 3 rings (SSSR count). The van der Waals surface area contributed by atoms with Crippen LogP contribution in [-0.4, -0.2) is 33.1 Å². The van der Waals surface area contributed by atoms with Gasteiger partial charge in [0.05, 0.1) is 0 Å². The minimum absolute atomic E-state index is 0.0914. The number of rotatable bonds is 2. The van der Waals surface area contributed by atoms with Gasteiger partial charge in [-0.1, -0.05) is 6.92 Å². The Hall–Kier alpha value is -0.940. The van der Waals surface area contributed by atoms with E-state index in [1.54, 1.807) is 0 Å². The predicted molar refractivity (Wildman–Crippen MR) is 61.4 cm³/mol. The number of nitrogens with zero attached hydrogens (tertiary/aromatic N) is 3. The number of aromatic nitrogens is 3. The molecule has 0 spiro atoms. The molecule has 5 nitrogen and oxygen atoms in total. The van der Waals surface area contributed by atoms with Crippen molar-refractivity contribution in [1.82, 2.24) is 14.8 Å². The number of aryl methyl sites for hydroxylation is 1. The van der Waals surface area contributed by atoms with Crippen molar-refractivity contribution in [2.75, 3.05) is 13.2 Å². The Morgan fingerprint density at radius 2 is 2.29 bits per heavy atom. The van der Waals surface area contributed by atoms with Gasteiger partial charge in [-0.15, -0.1) is 10.2 Å². The molecule has 94 valence electrons. The second-order valence-electron chi connectivity index (χ2n) is 5.23. The third-order valence-electron chi connectivity index (χ3n) is 3.97. The summed E-state index contributed by atoms with van der Waals surface area (Å²) in [4.78, 5) is 0. The van der Waals surface area contributed by atoms with Crippen molar-refractivity contribution < 1.29 is 9.84 Å². The second kappa shape index (κ2) is 4.38. The summed E-state index contributed by atoms with van der Waals surface area (Å²) in [5.74, 6) is 2.86. The zero-order valence-electron chi connectivity index (χ0n) is 10.2. The van der Waals surface area contributed by atoms with E-state index in [0.717, 1.165) is 44.1 Å². The maximum Gasteiger partial charge on any atom is 0.162 e. The Labute approximate surface area is 101 Å². The third kappa shape index (κ3) is 1.87. The molecule has 5 heteroatoms. The second-order valence-corrected chi connectivity index (χ2v) is 5.23. The molecule has 17 heavy (non-hydrogen) atoms. The molecule has 0 aromatic carbocycles. The van der Waals surface area contributed by atoms with Crippen LogP contribution in [0.1, 0.15) is 37.5 Å². The van der Waals surface area contributed by atoms with E-state index in [1.807, 2.05) is 0 Å². The summed E-state index contributed by atoms with van der Waals surface area (Å²) >= 11 is 0. The molecule has 3 unspecified atom stereocenters. The molecule has 2 aliphatic heterocycles. The molecule has 1 fully saturated rings. The first-order chi connectivity index (χ1) is 8.29. The van der Waals surface area contributed by atoms with Crippen molar-refractivity contribution in [3.05, 3.63) is 11.6 Å². The van der Waals surface area contributed by atoms with Gasteiger partial charge in [-0.2, -0.15) is 0 Å². The monoisotopic (exact) mass is 237 g/mol. The summed E-state index contributed by atoms with van der Waals surface area (Å²) in [5.41, 5.74) is 0. The molecule has 1 saturated heterocycles. The lowest BCUT2D eigenvalue weighted by molar-refractivity contribution is 0.0809. The Morgan fingerprint density at radius 3 is 3.00 bits per heavy atom. The number of aliphatic hydroxyl groups excluding tert-OH is 1. The van der Waals surface area contributed by atoms with Crippen molar-refractivity contribution >= 4 is 0 Å². The molecule has 1 aromatic heterocycles. The quantitative estimate of drug-likeness (QED) is 0.831. The molecule has 1 N–H and O–H groups in total. The Bertz CT molecular complexity index is 404. The van der Waals surface area contributed by atoms with E-state index in [4.69, 9.17) is 4.74 Å². The van der Waals surface area contributed by atoms with Crippen molar-refractivity contribution in [2.45, 2.75) is 38.8 Å². The van der Waals surface area contributed by atoms with Gasteiger partial charge in [-0.25, -0.2) is 0 Å². The number of fused-ring (bicyclic) bond motifs is 1. The highest BCUT2D eigenvalue weighted by Gasteiger charge is 2.33. The van der Waals surface area contributed by atoms with E-state index in [2.05, 4.69) is 21.7 Å². The smallest absolute Gasteiger partial charge is 0.162 e. The van der Waals surface area contributed by atoms with Crippen LogP contribution in [0.5, 0.6) is 0 Å². The molecule has 2 aliphatic rings. The normalized spacial score (nSPS) is 32.7. The predicted octanol–water partition coefficient (Wildman–Crippen LogP) is 0.930. The maximum absolute atomic E-state index is 9.28. The molecule has 0 amide bonds. The van der Waals surface area contributed by atoms with Crippen molar-refractivity contribution in [2.24, 2.45) is 11.8 Å². The van der Waals surface area contributed by atoms with Crippen LogP contribution in [0, 0.1) is 11.8 Å². The minimum Gasteiger partial charge on any atom is -0.396 e. The fourth-order valence-corrected chi connectivity index (χ4v) is 2.80. The van der Waals surface area contributed by atoms with Gasteiger partial charge in [0.15, 0.2) is 5.82 Å². The van der Waals surface area contributed by atoms with E-state index in [1.165, 1.54) is 0 Å². The van der Waals surface area contributed by atoms with E-state index >= 15 is 0 Å². The lowest BCUT2D eigenvalue weighted by Gasteiger charge is -2.24. The van der Waals surface area contributed by atoms with E-state index in [-0.39, 0.29) is 12.7 Å². The molecule has 3 atom stereocenters. The molecule has 3 heterocycles. The zero-order valence-corrected chi connectivity index (χ0v) is 10.2. The van der Waals surface area contributed by atoms with Crippen molar-refractivity contribution in [3.8, 4) is 0 Å². The van der Waals surface area contributed by atoms with Gasteiger partial charge < -0.3 is 14.4 Å². The van der Waals surface area contributed by atoms with Crippen LogP contribution in [0.3, 0.4) is 0 Å². The summed E-state index contributed by atoms with van der Waals surface area (Å²) in [6.45, 7) is 4.10.